The zero-order chi connectivity index (χ0) is 17.0. The Labute approximate surface area is 135 Å². The smallest absolute Gasteiger partial charge is 0.357 e. The predicted octanol–water partition coefficient (Wildman–Crippen LogP) is 1.39. The first-order chi connectivity index (χ1) is 11.0. The molecule has 0 atom stereocenters. The number of esters is 2. The van der Waals surface area contributed by atoms with E-state index in [1.54, 1.807) is 20.1 Å². The van der Waals surface area contributed by atoms with Crippen LogP contribution in [0.5, 0.6) is 0 Å². The number of carbonyl (C=O) groups excluding carboxylic acids is 2. The van der Waals surface area contributed by atoms with E-state index in [4.69, 9.17) is 9.47 Å². The summed E-state index contributed by atoms with van der Waals surface area (Å²) in [5.41, 5.74) is -0.682. The quantitative estimate of drug-likeness (QED) is 0.495. The normalized spacial score (nSPS) is 10.6. The Morgan fingerprint density at radius 3 is 2.43 bits per heavy atom. The van der Waals surface area contributed by atoms with Crippen LogP contribution in [0.3, 0.4) is 0 Å². The maximum absolute atomic E-state index is 12.1. The Hall–Kier alpha value is -2.42. The third-order valence-electron chi connectivity index (χ3n) is 2.82. The number of nitrogens with zero attached hydrogens (tertiary/aromatic N) is 2. The summed E-state index contributed by atoms with van der Waals surface area (Å²) in [6, 6.07) is 1.32. The number of aromatic nitrogens is 3. The molecule has 0 radical (unpaired) electrons. The molecule has 23 heavy (non-hydrogen) atoms. The Balaban J connectivity index is 2.72. The molecular formula is C14H15N3O5S. The van der Waals surface area contributed by atoms with Gasteiger partial charge < -0.3 is 9.47 Å². The summed E-state index contributed by atoms with van der Waals surface area (Å²) in [5, 5.41) is 0.378. The Bertz CT molecular complexity index is 818. The van der Waals surface area contributed by atoms with Crippen LogP contribution in [0.4, 0.5) is 0 Å². The average molecular weight is 337 g/mol. The number of pyridine rings is 1. The fourth-order valence-electron chi connectivity index (χ4n) is 1.86. The van der Waals surface area contributed by atoms with Crippen molar-refractivity contribution >= 4 is 34.7 Å². The van der Waals surface area contributed by atoms with E-state index < -0.39 is 17.5 Å². The monoisotopic (exact) mass is 337 g/mol. The number of rotatable bonds is 5. The van der Waals surface area contributed by atoms with Crippen molar-refractivity contribution in [2.75, 3.05) is 19.5 Å². The average Bonchev–Trinajstić information content (AvgIpc) is 2.54. The first kappa shape index (κ1) is 16.9. The lowest BCUT2D eigenvalue weighted by Gasteiger charge is -2.09. The molecule has 0 aromatic carbocycles. The van der Waals surface area contributed by atoms with Gasteiger partial charge in [-0.15, -0.1) is 0 Å². The minimum atomic E-state index is -0.800. The predicted molar refractivity (Wildman–Crippen MR) is 83.9 cm³/mol. The van der Waals surface area contributed by atoms with Crippen LogP contribution in [0.1, 0.15) is 34.7 Å². The molecule has 0 aliphatic heterocycles. The molecule has 0 spiro atoms. The lowest BCUT2D eigenvalue weighted by Crippen LogP contribution is -2.19. The van der Waals surface area contributed by atoms with E-state index in [0.717, 1.165) is 0 Å². The number of aromatic amines is 1. The van der Waals surface area contributed by atoms with Crippen LogP contribution in [0, 0.1) is 0 Å². The minimum absolute atomic E-state index is 0.0427. The SMILES string of the molecule is CCOC(=O)c1cc2nc(SC)[nH]c(=O)c2nc1C(=O)OCC. The van der Waals surface area contributed by atoms with Crippen molar-refractivity contribution < 1.29 is 19.1 Å². The summed E-state index contributed by atoms with van der Waals surface area (Å²) in [7, 11) is 0. The lowest BCUT2D eigenvalue weighted by molar-refractivity contribution is 0.0474. The molecule has 2 aromatic rings. The summed E-state index contributed by atoms with van der Waals surface area (Å²) in [5.74, 6) is -1.52. The van der Waals surface area contributed by atoms with E-state index in [9.17, 15) is 14.4 Å². The molecule has 122 valence electrons. The van der Waals surface area contributed by atoms with E-state index in [-0.39, 0.29) is 35.5 Å². The number of carbonyl (C=O) groups is 2. The van der Waals surface area contributed by atoms with Gasteiger partial charge in [0.25, 0.3) is 5.56 Å². The van der Waals surface area contributed by atoms with Crippen LogP contribution in [0.25, 0.3) is 11.0 Å². The van der Waals surface area contributed by atoms with Gasteiger partial charge in [-0.25, -0.2) is 19.6 Å². The topological polar surface area (TPSA) is 111 Å². The summed E-state index contributed by atoms with van der Waals surface area (Å²) < 4.78 is 9.81. The number of fused-ring (bicyclic) bond motifs is 1. The molecule has 8 nitrogen and oxygen atoms in total. The van der Waals surface area contributed by atoms with Gasteiger partial charge in [0, 0.05) is 0 Å². The highest BCUT2D eigenvalue weighted by Crippen LogP contribution is 2.17. The lowest BCUT2D eigenvalue weighted by atomic mass is 10.1. The fourth-order valence-corrected chi connectivity index (χ4v) is 2.25. The second kappa shape index (κ2) is 7.23. The van der Waals surface area contributed by atoms with Gasteiger partial charge in [0.15, 0.2) is 16.4 Å². The maximum Gasteiger partial charge on any atom is 0.357 e. The fraction of sp³-hybridized carbons (Fsp3) is 0.357. The van der Waals surface area contributed by atoms with E-state index in [1.807, 2.05) is 0 Å². The van der Waals surface area contributed by atoms with Crippen LogP contribution in [-0.2, 0) is 9.47 Å². The molecule has 2 heterocycles. The number of ether oxygens (including phenoxy) is 2. The molecule has 0 aliphatic rings. The largest absolute Gasteiger partial charge is 0.462 e. The van der Waals surface area contributed by atoms with Gasteiger partial charge in [0.2, 0.25) is 0 Å². The molecule has 0 bridgehead atoms. The van der Waals surface area contributed by atoms with Crippen molar-refractivity contribution in [2.24, 2.45) is 0 Å². The van der Waals surface area contributed by atoms with Crippen LogP contribution in [0.15, 0.2) is 16.0 Å². The van der Waals surface area contributed by atoms with E-state index in [0.29, 0.717) is 5.16 Å². The zero-order valence-electron chi connectivity index (χ0n) is 12.8. The molecule has 1 N–H and O–H groups in total. The van der Waals surface area contributed by atoms with Gasteiger partial charge in [-0.3, -0.25) is 9.78 Å². The summed E-state index contributed by atoms with van der Waals surface area (Å²) in [6.45, 7) is 3.52. The molecule has 0 saturated heterocycles. The standard InChI is InChI=1S/C14H15N3O5S/c1-4-21-12(19)7-6-8-10(11(18)17-14(15-8)23-3)16-9(7)13(20)22-5-2/h6H,4-5H2,1-3H3,(H,15,17,18). The highest BCUT2D eigenvalue weighted by Gasteiger charge is 2.23. The Kier molecular flexibility index (Phi) is 5.32. The number of H-pyrrole nitrogens is 1. The first-order valence-electron chi connectivity index (χ1n) is 6.85. The van der Waals surface area contributed by atoms with Gasteiger partial charge >= 0.3 is 11.9 Å². The van der Waals surface area contributed by atoms with Crippen molar-refractivity contribution in [2.45, 2.75) is 19.0 Å². The minimum Gasteiger partial charge on any atom is -0.462 e. The summed E-state index contributed by atoms with van der Waals surface area (Å²) >= 11 is 1.24. The van der Waals surface area contributed by atoms with Gasteiger partial charge in [0.1, 0.15) is 0 Å². The van der Waals surface area contributed by atoms with Crippen molar-refractivity contribution in [3.63, 3.8) is 0 Å². The van der Waals surface area contributed by atoms with Gasteiger partial charge in [-0.05, 0) is 26.2 Å². The Morgan fingerprint density at radius 2 is 1.83 bits per heavy atom. The third-order valence-corrected chi connectivity index (χ3v) is 3.40. The van der Waals surface area contributed by atoms with E-state index >= 15 is 0 Å². The maximum atomic E-state index is 12.1. The van der Waals surface area contributed by atoms with Gasteiger partial charge in [-0.2, -0.15) is 0 Å². The first-order valence-corrected chi connectivity index (χ1v) is 8.07. The number of thioether (sulfide) groups is 1. The van der Waals surface area contributed by atoms with Gasteiger partial charge in [0.05, 0.1) is 24.3 Å². The molecule has 2 aromatic heterocycles. The number of nitrogens with one attached hydrogen (secondary N) is 1. The van der Waals surface area contributed by atoms with Crippen molar-refractivity contribution in [3.05, 3.63) is 27.7 Å². The van der Waals surface area contributed by atoms with Crippen LogP contribution >= 0.6 is 11.8 Å². The second-order valence-electron chi connectivity index (χ2n) is 4.27. The number of hydrogen-bond donors (Lipinski definition) is 1. The van der Waals surface area contributed by atoms with Crippen molar-refractivity contribution in [1.82, 2.24) is 15.0 Å². The molecular weight excluding hydrogens is 322 g/mol. The number of hydrogen-bond acceptors (Lipinski definition) is 8. The second-order valence-corrected chi connectivity index (χ2v) is 5.06. The van der Waals surface area contributed by atoms with Crippen molar-refractivity contribution in [3.8, 4) is 0 Å². The summed E-state index contributed by atoms with van der Waals surface area (Å²) in [6.07, 6.45) is 1.75. The highest BCUT2D eigenvalue weighted by atomic mass is 32.2. The van der Waals surface area contributed by atoms with Crippen molar-refractivity contribution in [1.29, 1.82) is 0 Å². The molecule has 0 aliphatic carbocycles. The molecule has 2 rings (SSSR count). The van der Waals surface area contributed by atoms with Gasteiger partial charge in [-0.1, -0.05) is 11.8 Å². The molecule has 0 fully saturated rings. The highest BCUT2D eigenvalue weighted by molar-refractivity contribution is 7.98. The van der Waals surface area contributed by atoms with Crippen LogP contribution in [0.2, 0.25) is 0 Å². The van der Waals surface area contributed by atoms with Crippen LogP contribution in [-0.4, -0.2) is 46.4 Å². The van der Waals surface area contributed by atoms with E-state index in [2.05, 4.69) is 15.0 Å². The third kappa shape index (κ3) is 3.50. The van der Waals surface area contributed by atoms with E-state index in [1.165, 1.54) is 17.8 Å². The van der Waals surface area contributed by atoms with Crippen LogP contribution < -0.4 is 5.56 Å². The molecule has 0 amide bonds. The molecule has 0 saturated carbocycles. The summed E-state index contributed by atoms with van der Waals surface area (Å²) in [4.78, 5) is 46.9. The molecule has 9 heteroatoms. The zero-order valence-corrected chi connectivity index (χ0v) is 13.7. The Morgan fingerprint density at radius 1 is 1.17 bits per heavy atom. The molecule has 0 unspecified atom stereocenters.